The molecule has 126 valence electrons. The number of fused-ring (bicyclic) bond motifs is 2. The Hall–Kier alpha value is -1.83. The van der Waals surface area contributed by atoms with E-state index in [9.17, 15) is 5.11 Å². The van der Waals surface area contributed by atoms with E-state index in [0.29, 0.717) is 23.5 Å². The lowest BCUT2D eigenvalue weighted by Gasteiger charge is -2.16. The number of phenolic OH excluding ortho intramolecular Hbond substituents is 1. The highest BCUT2D eigenvalue weighted by atomic mass is 16.4. The summed E-state index contributed by atoms with van der Waals surface area (Å²) >= 11 is 0. The first-order valence-corrected chi connectivity index (χ1v) is 9.16. The van der Waals surface area contributed by atoms with Crippen LogP contribution in [0.1, 0.15) is 57.6 Å². The van der Waals surface area contributed by atoms with Gasteiger partial charge < -0.3 is 5.11 Å². The van der Waals surface area contributed by atoms with E-state index in [4.69, 9.17) is 4.42 Å². The molecule has 0 amide bonds. The van der Waals surface area contributed by atoms with Gasteiger partial charge in [-0.2, -0.15) is 0 Å². The first-order chi connectivity index (χ1) is 11.4. The second-order valence-electron chi connectivity index (χ2n) is 8.26. The first kappa shape index (κ1) is 15.7. The Bertz CT molecular complexity index is 770. The fraction of sp³-hybridized carbons (Fsp3) is 0.500. The summed E-state index contributed by atoms with van der Waals surface area (Å²) in [5, 5.41) is 9.92. The number of allylic oxidation sites excluding steroid dienone is 4. The number of rotatable bonds is 1. The molecule has 0 aliphatic heterocycles. The van der Waals surface area contributed by atoms with Crippen LogP contribution < -0.4 is 0 Å². The summed E-state index contributed by atoms with van der Waals surface area (Å²) in [4.78, 5) is 0. The van der Waals surface area contributed by atoms with Gasteiger partial charge in [0.15, 0.2) is 0 Å². The van der Waals surface area contributed by atoms with Gasteiger partial charge in [-0.3, -0.25) is 0 Å². The molecule has 5 unspecified atom stereocenters. The predicted octanol–water partition coefficient (Wildman–Crippen LogP) is 5.01. The Labute approximate surface area is 144 Å². The molecule has 2 nitrogen and oxygen atoms in total. The Balaban J connectivity index is 1.74. The maximum Gasteiger partial charge on any atom is 0.344 e. The van der Waals surface area contributed by atoms with Gasteiger partial charge in [-0.1, -0.05) is 38.5 Å². The lowest BCUT2D eigenvalue weighted by Crippen LogP contribution is -2.23. The summed E-state index contributed by atoms with van der Waals surface area (Å²) in [7, 11) is 0. The molecule has 0 aromatic heterocycles. The highest BCUT2D eigenvalue weighted by Crippen LogP contribution is 2.47. The van der Waals surface area contributed by atoms with E-state index in [2.05, 4.69) is 45.9 Å². The van der Waals surface area contributed by atoms with Crippen LogP contribution >= 0.6 is 0 Å². The molecule has 3 aliphatic rings. The Kier molecular flexibility index (Phi) is 3.49. The second kappa shape index (κ2) is 5.34. The van der Waals surface area contributed by atoms with Crippen LogP contribution in [0.4, 0.5) is 0 Å². The number of aromatic hydroxyl groups is 1. The Morgan fingerprint density at radius 1 is 1.17 bits per heavy atom. The molecule has 0 spiro atoms. The number of ketones is 1. The van der Waals surface area contributed by atoms with Crippen LogP contribution in [0.15, 0.2) is 42.0 Å². The first-order valence-electron chi connectivity index (χ1n) is 9.16. The monoisotopic (exact) mass is 323 g/mol. The van der Waals surface area contributed by atoms with Crippen LogP contribution in [0, 0.1) is 17.8 Å². The van der Waals surface area contributed by atoms with Gasteiger partial charge in [0.2, 0.25) is 0 Å². The van der Waals surface area contributed by atoms with Crippen molar-refractivity contribution >= 4 is 5.78 Å². The van der Waals surface area contributed by atoms with Crippen molar-refractivity contribution in [1.82, 2.24) is 0 Å². The summed E-state index contributed by atoms with van der Waals surface area (Å²) in [6.45, 7) is 9.06. The SMILES string of the molecule is CC1CC(C)C2C=CC(=[O+]C3(C)CC(C)c4ccc(O)cc43)C=C12. The molecule has 1 N–H and O–H groups in total. The van der Waals surface area contributed by atoms with Crippen molar-refractivity contribution in [2.45, 2.75) is 52.1 Å². The smallest absolute Gasteiger partial charge is 0.344 e. The molecule has 0 heterocycles. The average molecular weight is 323 g/mol. The molecule has 5 atom stereocenters. The van der Waals surface area contributed by atoms with Crippen LogP contribution in [0.2, 0.25) is 0 Å². The fourth-order valence-electron chi connectivity index (χ4n) is 5.10. The normalized spacial score (nSPS) is 39.0. The lowest BCUT2D eigenvalue weighted by atomic mass is 9.89. The van der Waals surface area contributed by atoms with Gasteiger partial charge in [-0.25, -0.2) is 4.42 Å². The van der Waals surface area contributed by atoms with Crippen molar-refractivity contribution < 1.29 is 9.53 Å². The summed E-state index contributed by atoms with van der Waals surface area (Å²) in [5.74, 6) is 3.68. The Morgan fingerprint density at radius 3 is 2.75 bits per heavy atom. The minimum absolute atomic E-state index is 0.318. The van der Waals surface area contributed by atoms with Crippen LogP contribution in [0.25, 0.3) is 0 Å². The fourth-order valence-corrected chi connectivity index (χ4v) is 5.10. The molecular weight excluding hydrogens is 296 g/mol. The van der Waals surface area contributed by atoms with Gasteiger partial charge in [0.25, 0.3) is 0 Å². The van der Waals surface area contributed by atoms with Crippen LogP contribution in [-0.2, 0) is 10.0 Å². The van der Waals surface area contributed by atoms with E-state index < -0.39 is 0 Å². The Morgan fingerprint density at radius 2 is 1.96 bits per heavy atom. The standard InChI is InChI=1S/C22H26O2/c1-13-9-14(2)20-11-17(6-8-18(13)20)24-22(4)12-15(3)19-7-5-16(23)10-21(19)22/h5-8,10-11,13-15,18H,9,12H2,1-4H3/p+1. The van der Waals surface area contributed by atoms with Gasteiger partial charge in [-0.05, 0) is 41.9 Å². The summed E-state index contributed by atoms with van der Waals surface area (Å²) in [5.41, 5.74) is 3.57. The minimum Gasteiger partial charge on any atom is -0.508 e. The minimum atomic E-state index is -0.371. The average Bonchev–Trinajstić information content (AvgIpc) is 2.94. The van der Waals surface area contributed by atoms with Gasteiger partial charge in [-0.15, -0.1) is 0 Å². The van der Waals surface area contributed by atoms with E-state index >= 15 is 0 Å². The van der Waals surface area contributed by atoms with Gasteiger partial charge >= 0.3 is 11.4 Å². The molecular formula is C22H27O2+. The van der Waals surface area contributed by atoms with Gasteiger partial charge in [0, 0.05) is 25.0 Å². The summed E-state index contributed by atoms with van der Waals surface area (Å²) in [6, 6.07) is 5.70. The maximum absolute atomic E-state index is 9.92. The van der Waals surface area contributed by atoms with Crippen molar-refractivity contribution in [3.05, 3.63) is 53.1 Å². The van der Waals surface area contributed by atoms with E-state index in [-0.39, 0.29) is 5.60 Å². The number of phenols is 1. The molecule has 0 saturated heterocycles. The molecule has 1 fully saturated rings. The van der Waals surface area contributed by atoms with E-state index in [1.807, 2.05) is 12.1 Å². The van der Waals surface area contributed by atoms with Crippen molar-refractivity contribution in [3.8, 4) is 5.75 Å². The highest BCUT2D eigenvalue weighted by molar-refractivity contribution is 6.01. The molecule has 2 heteroatoms. The van der Waals surface area contributed by atoms with Crippen LogP contribution in [0.3, 0.4) is 0 Å². The largest absolute Gasteiger partial charge is 0.508 e. The van der Waals surface area contributed by atoms with Crippen molar-refractivity contribution in [2.24, 2.45) is 17.8 Å². The van der Waals surface area contributed by atoms with Crippen LogP contribution in [0.5, 0.6) is 5.75 Å². The van der Waals surface area contributed by atoms with Gasteiger partial charge in [0.05, 0.1) is 12.0 Å². The number of carbonyl (C=O) groups excluding carboxylic acids is 1. The molecule has 3 aliphatic carbocycles. The van der Waals surface area contributed by atoms with E-state index in [1.54, 1.807) is 6.07 Å². The highest BCUT2D eigenvalue weighted by Gasteiger charge is 2.49. The third kappa shape index (κ3) is 2.35. The molecule has 1 aromatic carbocycles. The van der Waals surface area contributed by atoms with Crippen molar-refractivity contribution in [3.63, 3.8) is 0 Å². The van der Waals surface area contributed by atoms with Crippen LogP contribution in [-0.4, -0.2) is 10.9 Å². The summed E-state index contributed by atoms with van der Waals surface area (Å²) in [6.07, 6.45) is 8.96. The predicted molar refractivity (Wildman–Crippen MR) is 97.2 cm³/mol. The zero-order valence-corrected chi connectivity index (χ0v) is 15.0. The van der Waals surface area contributed by atoms with E-state index in [0.717, 1.165) is 23.7 Å². The van der Waals surface area contributed by atoms with Gasteiger partial charge in [0.1, 0.15) is 5.75 Å². The molecule has 1 aromatic rings. The summed E-state index contributed by atoms with van der Waals surface area (Å²) < 4.78 is 6.53. The van der Waals surface area contributed by atoms with E-state index in [1.165, 1.54) is 17.6 Å². The molecule has 0 bridgehead atoms. The second-order valence-corrected chi connectivity index (χ2v) is 8.26. The molecule has 0 radical (unpaired) electrons. The molecule has 24 heavy (non-hydrogen) atoms. The molecule has 4 rings (SSSR count). The zero-order valence-electron chi connectivity index (χ0n) is 15.0. The lowest BCUT2D eigenvalue weighted by molar-refractivity contribution is -0.557. The number of hydrogen-bond acceptors (Lipinski definition) is 1. The molecule has 1 saturated carbocycles. The quantitative estimate of drug-likeness (QED) is 0.724. The van der Waals surface area contributed by atoms with Crippen molar-refractivity contribution in [2.75, 3.05) is 0 Å². The zero-order chi connectivity index (χ0) is 17.1. The number of benzene rings is 1. The third-order valence-corrected chi connectivity index (χ3v) is 6.25. The van der Waals surface area contributed by atoms with Crippen molar-refractivity contribution in [1.29, 1.82) is 0 Å². The third-order valence-electron chi connectivity index (χ3n) is 6.25. The number of hydrogen-bond donors (Lipinski definition) is 1. The maximum atomic E-state index is 9.92. The topological polar surface area (TPSA) is 31.5 Å².